The second-order valence-corrected chi connectivity index (χ2v) is 4.52. The Hall–Kier alpha value is -2.01. The highest BCUT2D eigenvalue weighted by molar-refractivity contribution is 9.10. The van der Waals surface area contributed by atoms with E-state index in [0.29, 0.717) is 11.5 Å². The fourth-order valence-electron chi connectivity index (χ4n) is 1.46. The number of carbonyl (C=O) groups is 1. The molecule has 0 atom stereocenters. The van der Waals surface area contributed by atoms with E-state index in [2.05, 4.69) is 15.9 Å². The zero-order chi connectivity index (χ0) is 13.1. The van der Waals surface area contributed by atoms with Crippen LogP contribution in [0.5, 0.6) is 17.2 Å². The zero-order valence-electron chi connectivity index (χ0n) is 9.26. The van der Waals surface area contributed by atoms with Gasteiger partial charge in [-0.05, 0) is 30.3 Å². The molecule has 92 valence electrons. The molecule has 0 bridgehead atoms. The third-order valence-electron chi connectivity index (χ3n) is 2.25. The number of carbonyl (C=O) groups excluding carboxylic acids is 1. The maximum atomic E-state index is 11.3. The molecule has 2 rings (SSSR count). The van der Waals surface area contributed by atoms with Crippen LogP contribution in [0.4, 0.5) is 0 Å². The van der Waals surface area contributed by atoms with Crippen molar-refractivity contribution in [3.8, 4) is 17.2 Å². The van der Waals surface area contributed by atoms with Crippen molar-refractivity contribution in [1.82, 2.24) is 0 Å². The second-order valence-electron chi connectivity index (χ2n) is 3.60. The van der Waals surface area contributed by atoms with E-state index in [9.17, 15) is 9.90 Å². The molecule has 0 saturated carbocycles. The summed E-state index contributed by atoms with van der Waals surface area (Å²) in [6.07, 6.45) is 0. The fourth-order valence-corrected chi connectivity index (χ4v) is 1.82. The largest absolute Gasteiger partial charge is 0.508 e. The zero-order valence-corrected chi connectivity index (χ0v) is 10.8. The fraction of sp³-hybridized carbons (Fsp3) is 0. The smallest absolute Gasteiger partial charge is 0.252 e. The molecule has 1 amide bonds. The van der Waals surface area contributed by atoms with Gasteiger partial charge in [-0.15, -0.1) is 0 Å². The minimum absolute atomic E-state index is 0.0882. The number of phenolic OH excluding ortho intramolecular Hbond substituents is 1. The topological polar surface area (TPSA) is 72.6 Å². The first-order valence-corrected chi connectivity index (χ1v) is 5.92. The van der Waals surface area contributed by atoms with Crippen LogP contribution < -0.4 is 10.5 Å². The van der Waals surface area contributed by atoms with Gasteiger partial charge in [-0.2, -0.15) is 0 Å². The van der Waals surface area contributed by atoms with Crippen LogP contribution in [0.25, 0.3) is 0 Å². The Morgan fingerprint density at radius 1 is 1.22 bits per heavy atom. The predicted octanol–water partition coefficient (Wildman–Crippen LogP) is 3.05. The quantitative estimate of drug-likeness (QED) is 0.915. The standard InChI is InChI=1S/C13H10BrNO3/c14-8-4-5-12(11(6-8)13(15)17)18-10-3-1-2-9(16)7-10/h1-7,16H,(H2,15,17). The van der Waals surface area contributed by atoms with Crippen LogP contribution in [0, 0.1) is 0 Å². The highest BCUT2D eigenvalue weighted by Gasteiger charge is 2.11. The first kappa shape index (κ1) is 12.4. The molecule has 4 nitrogen and oxygen atoms in total. The van der Waals surface area contributed by atoms with Crippen molar-refractivity contribution in [2.45, 2.75) is 0 Å². The molecule has 0 aromatic heterocycles. The van der Waals surface area contributed by atoms with Gasteiger partial charge >= 0.3 is 0 Å². The van der Waals surface area contributed by atoms with Gasteiger partial charge in [0.25, 0.3) is 5.91 Å². The van der Waals surface area contributed by atoms with E-state index >= 15 is 0 Å². The number of phenols is 1. The number of halogens is 1. The molecule has 0 aliphatic rings. The lowest BCUT2D eigenvalue weighted by molar-refractivity contribution is 0.0998. The van der Waals surface area contributed by atoms with Crippen LogP contribution in [0.2, 0.25) is 0 Å². The van der Waals surface area contributed by atoms with Crippen molar-refractivity contribution in [2.24, 2.45) is 5.73 Å². The summed E-state index contributed by atoms with van der Waals surface area (Å²) in [5.41, 5.74) is 5.55. The second kappa shape index (κ2) is 5.10. The van der Waals surface area contributed by atoms with Gasteiger partial charge in [0.05, 0.1) is 5.56 Å². The van der Waals surface area contributed by atoms with Crippen molar-refractivity contribution < 1.29 is 14.6 Å². The molecule has 0 unspecified atom stereocenters. The van der Waals surface area contributed by atoms with Crippen molar-refractivity contribution in [2.75, 3.05) is 0 Å². The van der Waals surface area contributed by atoms with Gasteiger partial charge in [0.2, 0.25) is 0 Å². The summed E-state index contributed by atoms with van der Waals surface area (Å²) in [5.74, 6) is 0.285. The summed E-state index contributed by atoms with van der Waals surface area (Å²) in [5, 5.41) is 9.33. The van der Waals surface area contributed by atoms with Gasteiger partial charge in [-0.3, -0.25) is 4.79 Å². The van der Waals surface area contributed by atoms with Crippen molar-refractivity contribution >= 4 is 21.8 Å². The van der Waals surface area contributed by atoms with Crippen molar-refractivity contribution in [3.05, 3.63) is 52.5 Å². The average molecular weight is 308 g/mol. The molecular weight excluding hydrogens is 298 g/mol. The lowest BCUT2D eigenvalue weighted by atomic mass is 10.2. The Kier molecular flexibility index (Phi) is 3.53. The van der Waals surface area contributed by atoms with Crippen LogP contribution in [0.15, 0.2) is 46.9 Å². The predicted molar refractivity (Wildman–Crippen MR) is 70.8 cm³/mol. The monoisotopic (exact) mass is 307 g/mol. The lowest BCUT2D eigenvalue weighted by Crippen LogP contribution is -2.12. The molecular formula is C13H10BrNO3. The van der Waals surface area contributed by atoms with Gasteiger partial charge in [-0.1, -0.05) is 22.0 Å². The van der Waals surface area contributed by atoms with Gasteiger partial charge in [-0.25, -0.2) is 0 Å². The summed E-state index contributed by atoms with van der Waals surface area (Å²) >= 11 is 3.26. The van der Waals surface area contributed by atoms with Gasteiger partial charge in [0, 0.05) is 10.5 Å². The Morgan fingerprint density at radius 2 is 2.00 bits per heavy atom. The summed E-state index contributed by atoms with van der Waals surface area (Å²) in [7, 11) is 0. The molecule has 0 heterocycles. The maximum Gasteiger partial charge on any atom is 0.252 e. The Labute approximate surface area is 112 Å². The highest BCUT2D eigenvalue weighted by atomic mass is 79.9. The number of rotatable bonds is 3. The van der Waals surface area contributed by atoms with E-state index < -0.39 is 5.91 Å². The van der Waals surface area contributed by atoms with Crippen molar-refractivity contribution in [1.29, 1.82) is 0 Å². The molecule has 0 aliphatic carbocycles. The first-order valence-electron chi connectivity index (χ1n) is 5.12. The summed E-state index contributed by atoms with van der Waals surface area (Å²) in [6, 6.07) is 11.3. The number of nitrogens with two attached hydrogens (primary N) is 1. The minimum Gasteiger partial charge on any atom is -0.508 e. The number of primary amides is 1. The molecule has 2 aromatic carbocycles. The number of aromatic hydroxyl groups is 1. The normalized spacial score (nSPS) is 10.1. The van der Waals surface area contributed by atoms with E-state index in [0.717, 1.165) is 4.47 Å². The van der Waals surface area contributed by atoms with Gasteiger partial charge in [0.1, 0.15) is 17.2 Å². The third kappa shape index (κ3) is 2.81. The molecule has 5 heteroatoms. The molecule has 0 spiro atoms. The Balaban J connectivity index is 2.37. The molecule has 0 aliphatic heterocycles. The summed E-state index contributed by atoms with van der Waals surface area (Å²) in [6.45, 7) is 0. The van der Waals surface area contributed by atoms with E-state index in [1.807, 2.05) is 0 Å². The first-order chi connectivity index (χ1) is 8.56. The Bertz CT molecular complexity index is 599. The van der Waals surface area contributed by atoms with Crippen LogP contribution >= 0.6 is 15.9 Å². The Morgan fingerprint density at radius 3 is 2.67 bits per heavy atom. The summed E-state index contributed by atoms with van der Waals surface area (Å²) < 4.78 is 6.26. The van der Waals surface area contributed by atoms with Crippen LogP contribution in [-0.4, -0.2) is 11.0 Å². The number of benzene rings is 2. The highest BCUT2D eigenvalue weighted by Crippen LogP contribution is 2.29. The molecule has 2 aromatic rings. The van der Waals surface area contributed by atoms with E-state index in [1.165, 1.54) is 12.1 Å². The number of hydrogen-bond acceptors (Lipinski definition) is 3. The summed E-state index contributed by atoms with van der Waals surface area (Å²) in [4.78, 5) is 11.3. The average Bonchev–Trinajstić information content (AvgIpc) is 2.31. The maximum absolute atomic E-state index is 11.3. The van der Waals surface area contributed by atoms with E-state index in [-0.39, 0.29) is 11.3 Å². The number of amides is 1. The van der Waals surface area contributed by atoms with Crippen molar-refractivity contribution in [3.63, 3.8) is 0 Å². The van der Waals surface area contributed by atoms with Crippen LogP contribution in [-0.2, 0) is 0 Å². The van der Waals surface area contributed by atoms with E-state index in [1.54, 1.807) is 30.3 Å². The van der Waals surface area contributed by atoms with Crippen LogP contribution in [0.3, 0.4) is 0 Å². The lowest BCUT2D eigenvalue weighted by Gasteiger charge is -2.09. The molecule has 0 saturated heterocycles. The van der Waals surface area contributed by atoms with E-state index in [4.69, 9.17) is 10.5 Å². The van der Waals surface area contributed by atoms with Gasteiger partial charge in [0.15, 0.2) is 0 Å². The molecule has 0 radical (unpaired) electrons. The molecule has 18 heavy (non-hydrogen) atoms. The third-order valence-corrected chi connectivity index (χ3v) is 2.75. The number of ether oxygens (including phenoxy) is 1. The molecule has 3 N–H and O–H groups in total. The van der Waals surface area contributed by atoms with Gasteiger partial charge < -0.3 is 15.6 Å². The SMILES string of the molecule is NC(=O)c1cc(Br)ccc1Oc1cccc(O)c1. The number of hydrogen-bond donors (Lipinski definition) is 2. The van der Waals surface area contributed by atoms with Crippen LogP contribution in [0.1, 0.15) is 10.4 Å². The molecule has 0 fully saturated rings. The minimum atomic E-state index is -0.577.